The average Bonchev–Trinajstić information content (AvgIpc) is 2.95. The summed E-state index contributed by atoms with van der Waals surface area (Å²) >= 11 is 0. The number of aliphatic hydroxyl groups is 1. The smallest absolute Gasteiger partial charge is 0.231 e. The van der Waals surface area contributed by atoms with Gasteiger partial charge in [-0.05, 0) is 30.2 Å². The fourth-order valence-corrected chi connectivity index (χ4v) is 2.40. The van der Waals surface area contributed by atoms with Crippen LogP contribution in [0.2, 0.25) is 0 Å². The van der Waals surface area contributed by atoms with Crippen molar-refractivity contribution in [3.63, 3.8) is 0 Å². The molecule has 1 aliphatic heterocycles. The number of benzene rings is 2. The molecule has 0 amide bonds. The highest BCUT2D eigenvalue weighted by Crippen LogP contribution is 2.32. The van der Waals surface area contributed by atoms with Gasteiger partial charge in [0.05, 0.1) is 5.60 Å². The molecule has 2 N–H and O–H groups in total. The van der Waals surface area contributed by atoms with Crippen LogP contribution in [0.1, 0.15) is 18.1 Å². The standard InChI is InChI=1S/C17H19NO3/c1-17(19,14-5-3-2-4-6-14)11-18-10-13-7-8-15-16(9-13)21-12-20-15/h2-9,18-19H,10-12H2,1H3. The highest BCUT2D eigenvalue weighted by atomic mass is 16.7. The summed E-state index contributed by atoms with van der Waals surface area (Å²) in [7, 11) is 0. The summed E-state index contributed by atoms with van der Waals surface area (Å²) in [5, 5.41) is 13.8. The van der Waals surface area contributed by atoms with E-state index in [1.165, 1.54) is 0 Å². The molecule has 0 aliphatic carbocycles. The van der Waals surface area contributed by atoms with Crippen molar-refractivity contribution in [1.29, 1.82) is 0 Å². The van der Waals surface area contributed by atoms with E-state index in [9.17, 15) is 5.11 Å². The van der Waals surface area contributed by atoms with Crippen LogP contribution >= 0.6 is 0 Å². The number of nitrogens with one attached hydrogen (secondary N) is 1. The topological polar surface area (TPSA) is 50.7 Å². The molecule has 1 aliphatic rings. The SMILES string of the molecule is CC(O)(CNCc1ccc2c(c1)OCO2)c1ccccc1. The van der Waals surface area contributed by atoms with Gasteiger partial charge in [-0.2, -0.15) is 0 Å². The molecule has 1 unspecified atom stereocenters. The fourth-order valence-electron chi connectivity index (χ4n) is 2.40. The van der Waals surface area contributed by atoms with Gasteiger partial charge in [-0.1, -0.05) is 36.4 Å². The van der Waals surface area contributed by atoms with Gasteiger partial charge in [0.15, 0.2) is 11.5 Å². The second kappa shape index (κ2) is 5.76. The normalized spacial score (nSPS) is 15.7. The first kappa shape index (κ1) is 13.9. The van der Waals surface area contributed by atoms with E-state index in [0.29, 0.717) is 13.1 Å². The lowest BCUT2D eigenvalue weighted by atomic mass is 9.96. The molecular weight excluding hydrogens is 266 g/mol. The zero-order valence-corrected chi connectivity index (χ0v) is 12.0. The molecule has 3 rings (SSSR count). The molecule has 21 heavy (non-hydrogen) atoms. The van der Waals surface area contributed by atoms with E-state index in [1.807, 2.05) is 55.5 Å². The molecule has 0 aromatic heterocycles. The van der Waals surface area contributed by atoms with E-state index in [2.05, 4.69) is 5.32 Å². The Bertz CT molecular complexity index is 611. The number of fused-ring (bicyclic) bond motifs is 1. The third kappa shape index (κ3) is 3.17. The molecule has 0 spiro atoms. The van der Waals surface area contributed by atoms with Crippen LogP contribution in [0.25, 0.3) is 0 Å². The number of hydrogen-bond acceptors (Lipinski definition) is 4. The molecule has 0 radical (unpaired) electrons. The molecule has 110 valence electrons. The zero-order chi connectivity index (χ0) is 14.7. The van der Waals surface area contributed by atoms with Gasteiger partial charge in [-0.3, -0.25) is 0 Å². The maximum atomic E-state index is 10.5. The van der Waals surface area contributed by atoms with Crippen molar-refractivity contribution in [2.75, 3.05) is 13.3 Å². The van der Waals surface area contributed by atoms with Gasteiger partial charge in [0, 0.05) is 13.1 Å². The van der Waals surface area contributed by atoms with E-state index in [0.717, 1.165) is 22.6 Å². The number of ether oxygens (including phenoxy) is 2. The fraction of sp³-hybridized carbons (Fsp3) is 0.294. The summed E-state index contributed by atoms with van der Waals surface area (Å²) in [6.07, 6.45) is 0. The highest BCUT2D eigenvalue weighted by Gasteiger charge is 2.22. The van der Waals surface area contributed by atoms with Crippen LogP contribution in [0, 0.1) is 0 Å². The van der Waals surface area contributed by atoms with E-state index in [4.69, 9.17) is 9.47 Å². The van der Waals surface area contributed by atoms with E-state index in [-0.39, 0.29) is 6.79 Å². The lowest BCUT2D eigenvalue weighted by Gasteiger charge is -2.24. The van der Waals surface area contributed by atoms with Gasteiger partial charge >= 0.3 is 0 Å². The maximum absolute atomic E-state index is 10.5. The Morgan fingerprint density at radius 1 is 1.10 bits per heavy atom. The van der Waals surface area contributed by atoms with Gasteiger partial charge in [0.1, 0.15) is 0 Å². The van der Waals surface area contributed by atoms with Crippen molar-refractivity contribution in [3.8, 4) is 11.5 Å². The molecule has 1 heterocycles. The first-order valence-corrected chi connectivity index (χ1v) is 7.02. The van der Waals surface area contributed by atoms with Crippen molar-refractivity contribution in [3.05, 3.63) is 59.7 Å². The van der Waals surface area contributed by atoms with Gasteiger partial charge in [-0.15, -0.1) is 0 Å². The third-order valence-corrected chi connectivity index (χ3v) is 3.63. The highest BCUT2D eigenvalue weighted by molar-refractivity contribution is 5.44. The van der Waals surface area contributed by atoms with Crippen molar-refractivity contribution in [2.45, 2.75) is 19.1 Å². The van der Waals surface area contributed by atoms with Crippen LogP contribution in [0.4, 0.5) is 0 Å². The van der Waals surface area contributed by atoms with Gasteiger partial charge in [0.2, 0.25) is 6.79 Å². The lowest BCUT2D eigenvalue weighted by molar-refractivity contribution is 0.0567. The van der Waals surface area contributed by atoms with E-state index < -0.39 is 5.60 Å². The Hall–Kier alpha value is -2.04. The molecule has 0 fully saturated rings. The van der Waals surface area contributed by atoms with Crippen LogP contribution in [-0.4, -0.2) is 18.4 Å². The minimum atomic E-state index is -0.891. The monoisotopic (exact) mass is 285 g/mol. The van der Waals surface area contributed by atoms with Crippen molar-refractivity contribution < 1.29 is 14.6 Å². The van der Waals surface area contributed by atoms with Crippen LogP contribution < -0.4 is 14.8 Å². The summed E-state index contributed by atoms with van der Waals surface area (Å²) in [5.74, 6) is 1.57. The predicted molar refractivity (Wildman–Crippen MR) is 80.3 cm³/mol. The van der Waals surface area contributed by atoms with E-state index in [1.54, 1.807) is 0 Å². The second-order valence-electron chi connectivity index (χ2n) is 5.43. The van der Waals surface area contributed by atoms with Crippen molar-refractivity contribution >= 4 is 0 Å². The summed E-state index contributed by atoms with van der Waals surface area (Å²) in [4.78, 5) is 0. The van der Waals surface area contributed by atoms with Crippen molar-refractivity contribution in [1.82, 2.24) is 5.32 Å². The van der Waals surface area contributed by atoms with Crippen molar-refractivity contribution in [2.24, 2.45) is 0 Å². The lowest BCUT2D eigenvalue weighted by Crippen LogP contribution is -2.35. The maximum Gasteiger partial charge on any atom is 0.231 e. The minimum absolute atomic E-state index is 0.287. The Labute approximate surface area is 124 Å². The van der Waals surface area contributed by atoms with Crippen LogP contribution in [0.3, 0.4) is 0 Å². The van der Waals surface area contributed by atoms with Gasteiger partial charge in [-0.25, -0.2) is 0 Å². The molecular formula is C17H19NO3. The van der Waals surface area contributed by atoms with E-state index >= 15 is 0 Å². The quantitative estimate of drug-likeness (QED) is 0.886. The molecule has 4 heteroatoms. The van der Waals surface area contributed by atoms with Gasteiger partial charge < -0.3 is 19.9 Å². The molecule has 0 bridgehead atoms. The molecule has 2 aromatic rings. The largest absolute Gasteiger partial charge is 0.454 e. The Balaban J connectivity index is 1.58. The molecule has 4 nitrogen and oxygen atoms in total. The summed E-state index contributed by atoms with van der Waals surface area (Å²) in [6.45, 7) is 3.25. The Kier molecular flexibility index (Phi) is 3.82. The predicted octanol–water partition coefficient (Wildman–Crippen LogP) is 2.41. The van der Waals surface area contributed by atoms with Crippen LogP contribution in [0.15, 0.2) is 48.5 Å². The molecule has 0 saturated heterocycles. The summed E-state index contributed by atoms with van der Waals surface area (Å²) < 4.78 is 10.6. The Morgan fingerprint density at radius 2 is 1.86 bits per heavy atom. The first-order valence-electron chi connectivity index (χ1n) is 7.02. The second-order valence-corrected chi connectivity index (χ2v) is 5.43. The van der Waals surface area contributed by atoms with Crippen LogP contribution in [-0.2, 0) is 12.1 Å². The molecule has 1 atom stereocenters. The molecule has 2 aromatic carbocycles. The summed E-state index contributed by atoms with van der Waals surface area (Å²) in [5.41, 5.74) is 1.11. The Morgan fingerprint density at radius 3 is 2.67 bits per heavy atom. The van der Waals surface area contributed by atoms with Crippen LogP contribution in [0.5, 0.6) is 11.5 Å². The zero-order valence-electron chi connectivity index (χ0n) is 12.0. The third-order valence-electron chi connectivity index (χ3n) is 3.63. The number of hydrogen-bond donors (Lipinski definition) is 2. The number of rotatable bonds is 5. The molecule has 0 saturated carbocycles. The summed E-state index contributed by atoms with van der Waals surface area (Å²) in [6, 6.07) is 15.5. The minimum Gasteiger partial charge on any atom is -0.454 e. The first-order chi connectivity index (χ1) is 10.1. The average molecular weight is 285 g/mol. The van der Waals surface area contributed by atoms with Gasteiger partial charge in [0.25, 0.3) is 0 Å².